The highest BCUT2D eigenvalue weighted by atomic mass is 35.5. The van der Waals surface area contributed by atoms with Crippen molar-refractivity contribution in [3.63, 3.8) is 0 Å². The van der Waals surface area contributed by atoms with Gasteiger partial charge in [-0.1, -0.05) is 59.9 Å². The molecule has 0 radical (unpaired) electrons. The number of nitrogens with zero attached hydrogens (tertiary/aromatic N) is 3. The molecule has 2 aliphatic heterocycles. The predicted octanol–water partition coefficient (Wildman–Crippen LogP) is 5.87. The van der Waals surface area contributed by atoms with Crippen LogP contribution < -0.4 is 4.74 Å². The third-order valence-electron chi connectivity index (χ3n) is 7.94. The van der Waals surface area contributed by atoms with Crippen molar-refractivity contribution in [3.05, 3.63) is 70.9 Å². The Hall–Kier alpha value is -3.32. The summed E-state index contributed by atoms with van der Waals surface area (Å²) in [6.45, 7) is 2.00. The lowest BCUT2D eigenvalue weighted by Crippen LogP contribution is -2.51. The molecule has 0 atom stereocenters. The maximum atomic E-state index is 13.7. The van der Waals surface area contributed by atoms with Crippen molar-refractivity contribution in [1.82, 2.24) is 15.0 Å². The zero-order valence-corrected chi connectivity index (χ0v) is 22.6. The van der Waals surface area contributed by atoms with Crippen LogP contribution in [0.4, 0.5) is 0 Å². The fraction of sp³-hybridized carbons (Fsp3) is 0.433. The topological polar surface area (TPSA) is 75.9 Å². The summed E-state index contributed by atoms with van der Waals surface area (Å²) in [5, 5.41) is 4.56. The molecule has 3 heterocycles. The Bertz CT molecular complexity index is 1280. The van der Waals surface area contributed by atoms with Crippen LogP contribution in [0, 0.1) is 5.41 Å². The van der Waals surface area contributed by atoms with Crippen molar-refractivity contribution < 1.29 is 18.8 Å². The van der Waals surface area contributed by atoms with Crippen LogP contribution in [0.5, 0.6) is 5.75 Å². The maximum absolute atomic E-state index is 13.7. The van der Waals surface area contributed by atoms with Crippen molar-refractivity contribution >= 4 is 23.4 Å². The molecule has 2 aliphatic rings. The lowest BCUT2D eigenvalue weighted by atomic mass is 9.73. The molecule has 2 aromatic carbocycles. The Labute approximate surface area is 228 Å². The van der Waals surface area contributed by atoms with Gasteiger partial charge in [-0.3, -0.25) is 9.59 Å². The summed E-state index contributed by atoms with van der Waals surface area (Å²) in [6, 6.07) is 17.1. The smallest absolute Gasteiger partial charge is 0.276 e. The van der Waals surface area contributed by atoms with Crippen LogP contribution in [0.1, 0.15) is 54.6 Å². The van der Waals surface area contributed by atoms with E-state index in [0.29, 0.717) is 55.4 Å². The largest absolute Gasteiger partial charge is 0.491 e. The van der Waals surface area contributed by atoms with E-state index in [4.69, 9.17) is 20.9 Å². The number of hydrogen-bond acceptors (Lipinski definition) is 5. The standard InChI is InChI=1S/C30H34ClN3O4/c1-33-19-20-37-26-13-7-4-10-22(26)9-3-2-8-14-30(29(33)36)15-17-34(18-16-30)28(35)25-21-27(38-32-25)23-11-5-6-12-24(23)31/h4-7,10-13,21H,2-3,8-9,14-20H2,1H3. The maximum Gasteiger partial charge on any atom is 0.276 e. The highest BCUT2D eigenvalue weighted by Crippen LogP contribution is 2.39. The van der Waals surface area contributed by atoms with Gasteiger partial charge in [0.05, 0.1) is 17.0 Å². The molecule has 3 aromatic rings. The Balaban J connectivity index is 1.25. The van der Waals surface area contributed by atoms with Crippen LogP contribution in [0.3, 0.4) is 0 Å². The molecule has 200 valence electrons. The van der Waals surface area contributed by atoms with E-state index in [9.17, 15) is 9.59 Å². The van der Waals surface area contributed by atoms with Crippen molar-refractivity contribution in [2.45, 2.75) is 44.9 Å². The van der Waals surface area contributed by atoms with E-state index in [1.54, 1.807) is 17.0 Å². The molecule has 1 aromatic heterocycles. The first-order valence-corrected chi connectivity index (χ1v) is 13.8. The zero-order valence-electron chi connectivity index (χ0n) is 21.8. The Morgan fingerprint density at radius 1 is 0.974 bits per heavy atom. The average molecular weight is 536 g/mol. The number of benzene rings is 2. The van der Waals surface area contributed by atoms with Gasteiger partial charge >= 0.3 is 0 Å². The minimum Gasteiger partial charge on any atom is -0.491 e. The van der Waals surface area contributed by atoms with E-state index in [1.165, 1.54) is 5.56 Å². The van der Waals surface area contributed by atoms with Crippen molar-refractivity contribution in [2.75, 3.05) is 33.3 Å². The van der Waals surface area contributed by atoms with Gasteiger partial charge in [0.15, 0.2) is 11.5 Å². The molecule has 0 bridgehead atoms. The number of carbonyl (C=O) groups is 2. The molecule has 1 fully saturated rings. The zero-order chi connectivity index (χ0) is 26.5. The number of para-hydroxylation sites is 1. The van der Waals surface area contributed by atoms with Crippen molar-refractivity contribution in [3.8, 4) is 17.1 Å². The van der Waals surface area contributed by atoms with E-state index in [1.807, 2.05) is 42.3 Å². The number of piperidine rings is 1. The quantitative estimate of drug-likeness (QED) is 0.410. The summed E-state index contributed by atoms with van der Waals surface area (Å²) in [6.07, 6.45) is 6.19. The molecular weight excluding hydrogens is 502 g/mol. The van der Waals surface area contributed by atoms with Gasteiger partial charge in [0, 0.05) is 31.8 Å². The number of amides is 2. The van der Waals surface area contributed by atoms with Crippen LogP contribution in [0.25, 0.3) is 11.3 Å². The number of rotatable bonds is 2. The highest BCUT2D eigenvalue weighted by molar-refractivity contribution is 6.33. The van der Waals surface area contributed by atoms with Gasteiger partial charge in [-0.05, 0) is 55.9 Å². The number of hydrogen-bond donors (Lipinski definition) is 0. The van der Waals surface area contributed by atoms with Crippen LogP contribution in [-0.2, 0) is 11.2 Å². The molecule has 8 heteroatoms. The van der Waals surface area contributed by atoms with E-state index < -0.39 is 5.41 Å². The summed E-state index contributed by atoms with van der Waals surface area (Å²) in [5.41, 5.74) is 1.72. The number of aryl methyl sites for hydroxylation is 1. The minimum absolute atomic E-state index is 0.156. The summed E-state index contributed by atoms with van der Waals surface area (Å²) in [7, 11) is 1.86. The predicted molar refractivity (Wildman–Crippen MR) is 146 cm³/mol. The Morgan fingerprint density at radius 3 is 2.55 bits per heavy atom. The van der Waals surface area contributed by atoms with Gasteiger partial charge in [0.1, 0.15) is 12.4 Å². The van der Waals surface area contributed by atoms with Crippen LogP contribution in [-0.4, -0.2) is 60.1 Å². The summed E-state index contributed by atoms with van der Waals surface area (Å²) >= 11 is 6.28. The summed E-state index contributed by atoms with van der Waals surface area (Å²) in [5.74, 6) is 1.35. The van der Waals surface area contributed by atoms with Crippen LogP contribution in [0.15, 0.2) is 59.1 Å². The fourth-order valence-corrected chi connectivity index (χ4v) is 5.87. The molecule has 1 spiro atoms. The number of ether oxygens (including phenoxy) is 1. The lowest BCUT2D eigenvalue weighted by Gasteiger charge is -2.42. The Morgan fingerprint density at radius 2 is 1.74 bits per heavy atom. The van der Waals surface area contributed by atoms with Gasteiger partial charge in [-0.15, -0.1) is 0 Å². The summed E-state index contributed by atoms with van der Waals surface area (Å²) < 4.78 is 11.5. The van der Waals surface area contributed by atoms with E-state index >= 15 is 0 Å². The van der Waals surface area contributed by atoms with Crippen LogP contribution in [0.2, 0.25) is 5.02 Å². The minimum atomic E-state index is -0.459. The number of aromatic nitrogens is 1. The monoisotopic (exact) mass is 535 g/mol. The van der Waals surface area contributed by atoms with Gasteiger partial charge in [0.25, 0.3) is 5.91 Å². The molecule has 5 rings (SSSR count). The molecule has 0 unspecified atom stereocenters. The second-order valence-corrected chi connectivity index (χ2v) is 10.8. The van der Waals surface area contributed by atoms with Gasteiger partial charge in [-0.2, -0.15) is 0 Å². The lowest BCUT2D eigenvalue weighted by molar-refractivity contribution is -0.144. The molecule has 0 saturated carbocycles. The molecule has 0 aliphatic carbocycles. The number of halogens is 1. The van der Waals surface area contributed by atoms with E-state index in [-0.39, 0.29) is 17.5 Å². The third kappa shape index (κ3) is 5.58. The SMILES string of the molecule is CN1CCOc2ccccc2CCCCCC2(CCN(C(=O)c3cc(-c4ccccc4Cl)on3)CC2)C1=O. The normalized spacial score (nSPS) is 18.6. The second kappa shape index (κ2) is 11.6. The molecule has 0 N–H and O–H groups in total. The number of carbonyl (C=O) groups excluding carboxylic acids is 2. The molecular formula is C30H34ClN3O4. The van der Waals surface area contributed by atoms with Gasteiger partial charge in [-0.25, -0.2) is 0 Å². The average Bonchev–Trinajstić information content (AvgIpc) is 3.43. The first-order valence-electron chi connectivity index (χ1n) is 13.4. The number of likely N-dealkylation sites (tertiary alicyclic amines) is 1. The van der Waals surface area contributed by atoms with Crippen LogP contribution >= 0.6 is 11.6 Å². The summed E-state index contributed by atoms with van der Waals surface area (Å²) in [4.78, 5) is 30.6. The molecule has 38 heavy (non-hydrogen) atoms. The highest BCUT2D eigenvalue weighted by Gasteiger charge is 2.43. The fourth-order valence-electron chi connectivity index (χ4n) is 5.64. The number of fused-ring (bicyclic) bond motifs is 1. The first kappa shape index (κ1) is 26.3. The molecule has 7 nitrogen and oxygen atoms in total. The third-order valence-corrected chi connectivity index (χ3v) is 8.26. The Kier molecular flexibility index (Phi) is 8.03. The first-order chi connectivity index (χ1) is 18.5. The van der Waals surface area contributed by atoms with Crippen molar-refractivity contribution in [2.24, 2.45) is 5.41 Å². The second-order valence-electron chi connectivity index (χ2n) is 10.4. The molecule has 1 saturated heterocycles. The van der Waals surface area contributed by atoms with Gasteiger partial charge < -0.3 is 19.1 Å². The van der Waals surface area contributed by atoms with Gasteiger partial charge in [0.2, 0.25) is 5.91 Å². The van der Waals surface area contributed by atoms with E-state index in [0.717, 1.165) is 37.9 Å². The van der Waals surface area contributed by atoms with E-state index in [2.05, 4.69) is 17.3 Å². The molecule has 2 amide bonds. The number of likely N-dealkylation sites (N-methyl/N-ethyl adjacent to an activating group) is 1. The van der Waals surface area contributed by atoms with Crippen molar-refractivity contribution in [1.29, 1.82) is 0 Å².